The third kappa shape index (κ3) is 2.87. The van der Waals surface area contributed by atoms with E-state index >= 15 is 0 Å². The minimum Gasteiger partial charge on any atom is -0.465 e. The lowest BCUT2D eigenvalue weighted by Gasteiger charge is -2.23. The number of esters is 1. The van der Waals surface area contributed by atoms with E-state index in [0.717, 1.165) is 25.9 Å². The largest absolute Gasteiger partial charge is 0.465 e. The molecule has 7 heteroatoms. The third-order valence-electron chi connectivity index (χ3n) is 4.70. The van der Waals surface area contributed by atoms with E-state index in [1.54, 1.807) is 6.07 Å². The average Bonchev–Trinajstić information content (AvgIpc) is 3.04. The number of fused-ring (bicyclic) bond motifs is 1. The number of H-pyrrole nitrogens is 1. The van der Waals surface area contributed by atoms with Crippen molar-refractivity contribution >= 4 is 16.9 Å². The van der Waals surface area contributed by atoms with Crippen LogP contribution < -0.4 is 11.2 Å². The molecule has 0 aliphatic carbocycles. The summed E-state index contributed by atoms with van der Waals surface area (Å²) in [6.07, 6.45) is 2.07. The van der Waals surface area contributed by atoms with E-state index < -0.39 is 11.7 Å². The number of nitrogens with zero attached hydrogens (tertiary/aromatic N) is 2. The molecule has 1 fully saturated rings. The van der Waals surface area contributed by atoms with E-state index in [4.69, 9.17) is 0 Å². The maximum Gasteiger partial charge on any atom is 0.337 e. The number of likely N-dealkylation sites (N-methyl/N-ethyl adjacent to an activating group) is 1. The van der Waals surface area contributed by atoms with E-state index in [9.17, 15) is 14.4 Å². The third-order valence-corrected chi connectivity index (χ3v) is 4.70. The normalized spacial score (nSPS) is 18.2. The highest BCUT2D eigenvalue weighted by Crippen LogP contribution is 2.17. The van der Waals surface area contributed by atoms with Crippen molar-refractivity contribution in [3.8, 4) is 0 Å². The number of ether oxygens (including phenoxy) is 1. The summed E-state index contributed by atoms with van der Waals surface area (Å²) < 4.78 is 5.93. The van der Waals surface area contributed by atoms with Crippen molar-refractivity contribution in [2.75, 3.05) is 20.2 Å². The summed E-state index contributed by atoms with van der Waals surface area (Å²) in [4.78, 5) is 41.6. The summed E-state index contributed by atoms with van der Waals surface area (Å²) in [5.41, 5.74) is -0.126. The fraction of sp³-hybridized carbons (Fsp3) is 0.471. The first-order valence-corrected chi connectivity index (χ1v) is 8.14. The standard InChI is InChI=1S/C17H21N3O4/c1-3-19-8-4-5-12(19)10-20-15(21)13-7-6-11(16(22)24-2)9-14(13)18-17(20)23/h6-7,9,12H,3-5,8,10H2,1-2H3,(H,18,23)/t12-/m0/s1. The van der Waals surface area contributed by atoms with Crippen LogP contribution in [0.15, 0.2) is 27.8 Å². The first kappa shape index (κ1) is 16.4. The smallest absolute Gasteiger partial charge is 0.337 e. The number of methoxy groups -OCH3 is 1. The maximum absolute atomic E-state index is 12.7. The van der Waals surface area contributed by atoms with Gasteiger partial charge >= 0.3 is 11.7 Å². The van der Waals surface area contributed by atoms with Gasteiger partial charge in [0, 0.05) is 12.6 Å². The van der Waals surface area contributed by atoms with Crippen molar-refractivity contribution in [3.05, 3.63) is 44.6 Å². The van der Waals surface area contributed by atoms with Gasteiger partial charge in [0.25, 0.3) is 5.56 Å². The average molecular weight is 331 g/mol. The minimum atomic E-state index is -0.508. The Morgan fingerprint density at radius 2 is 2.17 bits per heavy atom. The van der Waals surface area contributed by atoms with Crippen molar-refractivity contribution in [2.24, 2.45) is 0 Å². The minimum absolute atomic E-state index is 0.209. The van der Waals surface area contributed by atoms with E-state index in [1.165, 1.54) is 23.8 Å². The zero-order chi connectivity index (χ0) is 17.3. The van der Waals surface area contributed by atoms with Crippen molar-refractivity contribution < 1.29 is 9.53 Å². The Hall–Kier alpha value is -2.41. The first-order valence-electron chi connectivity index (χ1n) is 8.14. The monoisotopic (exact) mass is 331 g/mol. The molecule has 1 aliphatic rings. The number of rotatable bonds is 4. The lowest BCUT2D eigenvalue weighted by molar-refractivity contribution is 0.0601. The van der Waals surface area contributed by atoms with Gasteiger partial charge < -0.3 is 9.72 Å². The van der Waals surface area contributed by atoms with E-state index in [0.29, 0.717) is 23.0 Å². The number of benzene rings is 1. The Morgan fingerprint density at radius 3 is 2.88 bits per heavy atom. The second-order valence-electron chi connectivity index (χ2n) is 6.02. The lowest BCUT2D eigenvalue weighted by atomic mass is 10.1. The number of aromatic nitrogens is 2. The first-order chi connectivity index (χ1) is 11.5. The number of carbonyl (C=O) groups is 1. The molecule has 24 heavy (non-hydrogen) atoms. The van der Waals surface area contributed by atoms with Crippen LogP contribution in [0.1, 0.15) is 30.1 Å². The molecule has 3 rings (SSSR count). The zero-order valence-corrected chi connectivity index (χ0v) is 13.9. The Morgan fingerprint density at radius 1 is 1.38 bits per heavy atom. The predicted octanol–water partition coefficient (Wildman–Crippen LogP) is 0.961. The molecule has 0 spiro atoms. The predicted molar refractivity (Wildman–Crippen MR) is 90.4 cm³/mol. The number of nitrogens with one attached hydrogen (secondary N) is 1. The van der Waals surface area contributed by atoms with Crippen LogP contribution in [0.4, 0.5) is 0 Å². The van der Waals surface area contributed by atoms with Crippen LogP contribution in [0, 0.1) is 0 Å². The zero-order valence-electron chi connectivity index (χ0n) is 13.9. The Bertz CT molecular complexity index is 884. The maximum atomic E-state index is 12.7. The number of carbonyl (C=O) groups excluding carboxylic acids is 1. The molecule has 7 nitrogen and oxygen atoms in total. The van der Waals surface area contributed by atoms with Crippen molar-refractivity contribution in [1.29, 1.82) is 0 Å². The topological polar surface area (TPSA) is 84.4 Å². The molecule has 1 aromatic carbocycles. The van der Waals surface area contributed by atoms with Crippen molar-refractivity contribution in [1.82, 2.24) is 14.5 Å². The highest BCUT2D eigenvalue weighted by Gasteiger charge is 2.24. The number of hydrogen-bond acceptors (Lipinski definition) is 5. The Labute approximate surface area is 138 Å². The van der Waals surface area contributed by atoms with Crippen LogP contribution in [-0.2, 0) is 11.3 Å². The van der Waals surface area contributed by atoms with Crippen LogP contribution >= 0.6 is 0 Å². The van der Waals surface area contributed by atoms with Gasteiger partial charge in [0.05, 0.1) is 23.6 Å². The van der Waals surface area contributed by atoms with Crippen LogP contribution in [0.2, 0.25) is 0 Å². The molecule has 0 unspecified atom stereocenters. The number of aromatic amines is 1. The molecular weight excluding hydrogens is 310 g/mol. The molecule has 1 aliphatic heterocycles. The Balaban J connectivity index is 2.03. The summed E-state index contributed by atoms with van der Waals surface area (Å²) in [7, 11) is 1.29. The Kier molecular flexibility index (Phi) is 4.53. The highest BCUT2D eigenvalue weighted by atomic mass is 16.5. The fourth-order valence-electron chi connectivity index (χ4n) is 3.39. The van der Waals surface area contributed by atoms with E-state index in [1.807, 2.05) is 0 Å². The lowest BCUT2D eigenvalue weighted by Crippen LogP contribution is -2.42. The SMILES string of the molecule is CCN1CCC[C@H]1Cn1c(=O)[nH]c2cc(C(=O)OC)ccc2c1=O. The summed E-state index contributed by atoms with van der Waals surface area (Å²) in [5.74, 6) is -0.508. The molecule has 0 bridgehead atoms. The molecule has 0 radical (unpaired) electrons. The molecule has 0 amide bonds. The molecule has 1 saturated heterocycles. The van der Waals surface area contributed by atoms with Crippen LogP contribution in [0.3, 0.4) is 0 Å². The van der Waals surface area contributed by atoms with E-state index in [-0.39, 0.29) is 11.6 Å². The summed E-state index contributed by atoms with van der Waals surface area (Å²) in [6.45, 7) is 4.38. The van der Waals surface area contributed by atoms with Gasteiger partial charge in [-0.15, -0.1) is 0 Å². The van der Waals surface area contributed by atoms with Gasteiger partial charge in [-0.05, 0) is 44.1 Å². The summed E-state index contributed by atoms with van der Waals surface area (Å²) in [6, 6.07) is 4.78. The van der Waals surface area contributed by atoms with E-state index in [2.05, 4.69) is 21.5 Å². The van der Waals surface area contributed by atoms with Gasteiger partial charge in [-0.25, -0.2) is 9.59 Å². The molecule has 2 heterocycles. The van der Waals surface area contributed by atoms with Crippen LogP contribution in [0.5, 0.6) is 0 Å². The molecule has 1 N–H and O–H groups in total. The fourth-order valence-corrected chi connectivity index (χ4v) is 3.39. The van der Waals surface area contributed by atoms with Crippen molar-refractivity contribution in [2.45, 2.75) is 32.4 Å². The molecule has 0 saturated carbocycles. The highest BCUT2D eigenvalue weighted by molar-refractivity contribution is 5.93. The van der Waals surface area contributed by atoms with Gasteiger partial charge in [-0.2, -0.15) is 0 Å². The number of hydrogen-bond donors (Lipinski definition) is 1. The molecule has 128 valence electrons. The van der Waals surface area contributed by atoms with Crippen LogP contribution in [0.25, 0.3) is 10.9 Å². The summed E-state index contributed by atoms with van der Waals surface area (Å²) >= 11 is 0. The molecule has 1 atom stereocenters. The van der Waals surface area contributed by atoms with Gasteiger partial charge in [-0.1, -0.05) is 6.92 Å². The second kappa shape index (κ2) is 6.60. The van der Waals surface area contributed by atoms with Gasteiger partial charge in [0.2, 0.25) is 0 Å². The van der Waals surface area contributed by atoms with Gasteiger partial charge in [0.1, 0.15) is 0 Å². The molecule has 1 aromatic heterocycles. The summed E-state index contributed by atoms with van der Waals surface area (Å²) in [5, 5.41) is 0.392. The quantitative estimate of drug-likeness (QED) is 0.844. The number of likely N-dealkylation sites (tertiary alicyclic amines) is 1. The van der Waals surface area contributed by atoms with Gasteiger partial charge in [0.15, 0.2) is 0 Å². The second-order valence-corrected chi connectivity index (χ2v) is 6.02. The van der Waals surface area contributed by atoms with Crippen LogP contribution in [-0.4, -0.2) is 46.7 Å². The van der Waals surface area contributed by atoms with Gasteiger partial charge in [-0.3, -0.25) is 14.3 Å². The molecule has 2 aromatic rings. The van der Waals surface area contributed by atoms with Crippen molar-refractivity contribution in [3.63, 3.8) is 0 Å². The molecular formula is C17H21N3O4.